The summed E-state index contributed by atoms with van der Waals surface area (Å²) in [4.78, 5) is 28.1. The molecular weight excluding hydrogens is 469 g/mol. The van der Waals surface area contributed by atoms with Crippen LogP contribution in [0.1, 0.15) is 17.2 Å². The lowest BCUT2D eigenvalue weighted by Gasteiger charge is -2.26. The van der Waals surface area contributed by atoms with Crippen LogP contribution >= 0.6 is 11.6 Å². The maximum absolute atomic E-state index is 14.2. The van der Waals surface area contributed by atoms with E-state index in [4.69, 9.17) is 16.3 Å². The van der Waals surface area contributed by atoms with Gasteiger partial charge in [-0.2, -0.15) is 0 Å². The molecule has 35 heavy (non-hydrogen) atoms. The predicted molar refractivity (Wildman–Crippen MR) is 133 cm³/mol. The molecule has 0 bridgehead atoms. The molecule has 1 saturated heterocycles. The van der Waals surface area contributed by atoms with Crippen LogP contribution in [0.25, 0.3) is 16.5 Å². The van der Waals surface area contributed by atoms with Crippen LogP contribution in [0.2, 0.25) is 5.02 Å². The van der Waals surface area contributed by atoms with Gasteiger partial charge in [0.1, 0.15) is 17.3 Å². The number of aliphatic hydroxyl groups excluding tert-OH is 1. The summed E-state index contributed by atoms with van der Waals surface area (Å²) in [7, 11) is 1.37. The third-order valence-corrected chi connectivity index (χ3v) is 6.30. The minimum atomic E-state index is -0.993. The van der Waals surface area contributed by atoms with Crippen molar-refractivity contribution in [1.29, 1.82) is 0 Å². The lowest BCUT2D eigenvalue weighted by atomic mass is 9.91. The monoisotopic (exact) mass is 487 g/mol. The van der Waals surface area contributed by atoms with Crippen molar-refractivity contribution in [2.24, 2.45) is 0 Å². The first-order chi connectivity index (χ1) is 16.9. The summed E-state index contributed by atoms with van der Waals surface area (Å²) in [5.74, 6) is -2.72. The van der Waals surface area contributed by atoms with E-state index in [1.807, 2.05) is 36.4 Å². The smallest absolute Gasteiger partial charge is 0.300 e. The number of rotatable bonds is 4. The van der Waals surface area contributed by atoms with Crippen LogP contribution in [-0.4, -0.2) is 23.9 Å². The Morgan fingerprint density at radius 2 is 1.71 bits per heavy atom. The summed E-state index contributed by atoms with van der Waals surface area (Å²) in [6.07, 6.45) is 0. The average molecular weight is 488 g/mol. The van der Waals surface area contributed by atoms with E-state index < -0.39 is 29.3 Å². The molecule has 4 aromatic carbocycles. The molecule has 4 aromatic rings. The number of aliphatic hydroxyl groups is 1. The number of ketones is 1. The fourth-order valence-corrected chi connectivity index (χ4v) is 4.70. The molecule has 1 unspecified atom stereocenters. The van der Waals surface area contributed by atoms with Crippen LogP contribution in [0.15, 0.2) is 90.5 Å². The zero-order chi connectivity index (χ0) is 24.7. The number of amides is 1. The Morgan fingerprint density at radius 3 is 2.49 bits per heavy atom. The lowest BCUT2D eigenvalue weighted by molar-refractivity contribution is -0.132. The van der Waals surface area contributed by atoms with E-state index in [1.165, 1.54) is 24.1 Å². The molecular formula is C28H19ClFNO4. The summed E-state index contributed by atoms with van der Waals surface area (Å²) in [5, 5.41) is 13.4. The van der Waals surface area contributed by atoms with E-state index in [-0.39, 0.29) is 16.9 Å². The fourth-order valence-electron chi connectivity index (χ4n) is 4.52. The number of fused-ring (bicyclic) bond motifs is 1. The van der Waals surface area contributed by atoms with Crippen molar-refractivity contribution < 1.29 is 23.8 Å². The van der Waals surface area contributed by atoms with Crippen LogP contribution in [0.3, 0.4) is 0 Å². The maximum atomic E-state index is 14.2. The summed E-state index contributed by atoms with van der Waals surface area (Å²) in [6.45, 7) is 0. The van der Waals surface area contributed by atoms with Gasteiger partial charge in [-0.1, -0.05) is 60.1 Å². The second-order valence-electron chi connectivity index (χ2n) is 8.06. The van der Waals surface area contributed by atoms with Crippen molar-refractivity contribution in [3.05, 3.63) is 112 Å². The average Bonchev–Trinajstić information content (AvgIpc) is 3.13. The molecule has 5 rings (SSSR count). The molecule has 0 aromatic heterocycles. The number of nitrogens with zero attached hydrogens (tertiary/aromatic N) is 1. The number of carbonyl (C=O) groups excluding carboxylic acids is 2. The van der Waals surface area contributed by atoms with Crippen LogP contribution in [0.4, 0.5) is 10.1 Å². The summed E-state index contributed by atoms with van der Waals surface area (Å²) >= 11 is 6.21. The number of hydrogen-bond acceptors (Lipinski definition) is 4. The second-order valence-corrected chi connectivity index (χ2v) is 8.50. The zero-order valence-corrected chi connectivity index (χ0v) is 19.3. The minimum Gasteiger partial charge on any atom is -0.507 e. The van der Waals surface area contributed by atoms with Gasteiger partial charge in [0.25, 0.3) is 11.7 Å². The molecule has 0 radical (unpaired) electrons. The predicted octanol–water partition coefficient (Wildman–Crippen LogP) is 6.27. The van der Waals surface area contributed by atoms with E-state index in [9.17, 15) is 19.1 Å². The molecule has 0 spiro atoms. The van der Waals surface area contributed by atoms with E-state index in [2.05, 4.69) is 0 Å². The second kappa shape index (κ2) is 8.89. The summed E-state index contributed by atoms with van der Waals surface area (Å²) in [6, 6.07) is 22.3. The molecule has 1 atom stereocenters. The van der Waals surface area contributed by atoms with Crippen molar-refractivity contribution in [3.8, 4) is 5.75 Å². The van der Waals surface area contributed by atoms with E-state index in [1.54, 1.807) is 30.3 Å². The molecule has 7 heteroatoms. The van der Waals surface area contributed by atoms with Gasteiger partial charge in [0.2, 0.25) is 0 Å². The first-order valence-corrected chi connectivity index (χ1v) is 11.2. The van der Waals surface area contributed by atoms with Crippen molar-refractivity contribution in [3.63, 3.8) is 0 Å². The molecule has 174 valence electrons. The first-order valence-electron chi connectivity index (χ1n) is 10.8. The van der Waals surface area contributed by atoms with Gasteiger partial charge >= 0.3 is 0 Å². The lowest BCUT2D eigenvalue weighted by Crippen LogP contribution is -2.29. The number of anilines is 1. The van der Waals surface area contributed by atoms with Gasteiger partial charge in [-0.05, 0) is 52.7 Å². The van der Waals surface area contributed by atoms with E-state index in [0.29, 0.717) is 16.3 Å². The molecule has 0 saturated carbocycles. The van der Waals surface area contributed by atoms with Crippen LogP contribution in [0.5, 0.6) is 5.75 Å². The van der Waals surface area contributed by atoms with Crippen LogP contribution < -0.4 is 9.64 Å². The molecule has 1 fully saturated rings. The zero-order valence-electron chi connectivity index (χ0n) is 18.5. The standard InChI is InChI=1S/C28H19ClFNO4/c1-35-23-13-12-18(30)15-22(23)26(32)24-25(21-11-4-7-16-6-2-3-10-20(16)21)31(28(34)27(24)33)19-9-5-8-17(29)14-19/h2-15,25,32H,1H3/b26-24+. The van der Waals surface area contributed by atoms with Gasteiger partial charge in [-0.15, -0.1) is 0 Å². The molecule has 1 heterocycles. The Hall–Kier alpha value is -4.16. The third kappa shape index (κ3) is 3.82. The van der Waals surface area contributed by atoms with Crippen molar-refractivity contribution in [2.45, 2.75) is 6.04 Å². The number of ether oxygens (including phenoxy) is 1. The van der Waals surface area contributed by atoms with Crippen molar-refractivity contribution in [1.82, 2.24) is 0 Å². The normalized spacial score (nSPS) is 17.2. The number of Topliss-reactive ketones (excluding diaryl/α,β-unsaturated/α-hetero) is 1. The topological polar surface area (TPSA) is 66.8 Å². The number of carbonyl (C=O) groups is 2. The molecule has 0 aliphatic carbocycles. The molecule has 1 amide bonds. The van der Waals surface area contributed by atoms with E-state index in [0.717, 1.165) is 16.8 Å². The number of halogens is 2. The number of benzene rings is 4. The van der Waals surface area contributed by atoms with Gasteiger partial charge in [0.05, 0.1) is 24.3 Å². The molecule has 1 aliphatic heterocycles. The molecule has 5 nitrogen and oxygen atoms in total. The van der Waals surface area contributed by atoms with E-state index >= 15 is 0 Å². The van der Waals surface area contributed by atoms with Gasteiger partial charge < -0.3 is 9.84 Å². The van der Waals surface area contributed by atoms with Gasteiger partial charge in [-0.25, -0.2) is 4.39 Å². The Bertz CT molecular complexity index is 1530. The highest BCUT2D eigenvalue weighted by atomic mass is 35.5. The van der Waals surface area contributed by atoms with Crippen molar-refractivity contribution >= 4 is 45.5 Å². The largest absolute Gasteiger partial charge is 0.507 e. The quantitative estimate of drug-likeness (QED) is 0.209. The number of methoxy groups -OCH3 is 1. The highest BCUT2D eigenvalue weighted by Gasteiger charge is 2.47. The Morgan fingerprint density at radius 1 is 0.971 bits per heavy atom. The first kappa shape index (κ1) is 22.6. The highest BCUT2D eigenvalue weighted by molar-refractivity contribution is 6.52. The van der Waals surface area contributed by atoms with Gasteiger partial charge in [-0.3, -0.25) is 14.5 Å². The SMILES string of the molecule is COc1ccc(F)cc1/C(O)=C1\C(=O)C(=O)N(c2cccc(Cl)c2)C1c1cccc2ccccc12. The Labute approximate surface area is 205 Å². The fraction of sp³-hybridized carbons (Fsp3) is 0.0714. The molecule has 1 aliphatic rings. The van der Waals surface area contributed by atoms with Crippen molar-refractivity contribution in [2.75, 3.05) is 12.0 Å². The Balaban J connectivity index is 1.84. The van der Waals surface area contributed by atoms with Gasteiger partial charge in [0, 0.05) is 10.7 Å². The van der Waals surface area contributed by atoms with Gasteiger partial charge in [0.15, 0.2) is 0 Å². The highest BCUT2D eigenvalue weighted by Crippen LogP contribution is 2.45. The van der Waals surface area contributed by atoms with Crippen LogP contribution in [-0.2, 0) is 9.59 Å². The number of hydrogen-bond donors (Lipinski definition) is 1. The maximum Gasteiger partial charge on any atom is 0.300 e. The Kier molecular flexibility index (Phi) is 5.75. The molecule has 1 N–H and O–H groups in total. The summed E-state index contributed by atoms with van der Waals surface area (Å²) < 4.78 is 19.4. The third-order valence-electron chi connectivity index (χ3n) is 6.07. The minimum absolute atomic E-state index is 0.0261. The van der Waals surface area contributed by atoms with Crippen LogP contribution in [0, 0.1) is 5.82 Å². The summed E-state index contributed by atoms with van der Waals surface area (Å²) in [5.41, 5.74) is 0.819.